The van der Waals surface area contributed by atoms with E-state index < -0.39 is 0 Å². The molecule has 2 heteroatoms. The number of rotatable bonds is 4. The fourth-order valence-corrected chi connectivity index (χ4v) is 2.11. The first-order chi connectivity index (χ1) is 8.83. The molecule has 0 aromatic rings. The fraction of sp³-hybridized carbons (Fsp3) is 0.375. The minimum atomic E-state index is 1.09. The molecule has 0 aliphatic carbocycles. The first-order valence-electron chi connectivity index (χ1n) is 6.82. The summed E-state index contributed by atoms with van der Waals surface area (Å²) >= 11 is 0. The van der Waals surface area contributed by atoms with E-state index in [1.165, 1.54) is 24.0 Å². The van der Waals surface area contributed by atoms with E-state index in [2.05, 4.69) is 72.8 Å². The van der Waals surface area contributed by atoms with Crippen LogP contribution in [0.4, 0.5) is 0 Å². The second-order valence-electron chi connectivity index (χ2n) is 4.65. The largest absolute Gasteiger partial charge is 0.354 e. The van der Waals surface area contributed by atoms with E-state index in [0.29, 0.717) is 0 Å². The van der Waals surface area contributed by atoms with Gasteiger partial charge in [-0.3, -0.25) is 0 Å². The van der Waals surface area contributed by atoms with Crippen molar-refractivity contribution in [2.75, 3.05) is 13.1 Å². The van der Waals surface area contributed by atoms with Gasteiger partial charge in [-0.05, 0) is 48.3 Å². The Hall–Kier alpha value is -1.70. The second kappa shape index (κ2) is 6.29. The molecule has 2 aliphatic heterocycles. The van der Waals surface area contributed by atoms with Crippen LogP contribution in [-0.4, -0.2) is 22.9 Å². The van der Waals surface area contributed by atoms with Gasteiger partial charge in [0.2, 0.25) is 0 Å². The normalized spacial score (nSPS) is 18.1. The highest BCUT2D eigenvalue weighted by Gasteiger charge is 2.05. The van der Waals surface area contributed by atoms with E-state index in [0.717, 1.165) is 13.1 Å². The van der Waals surface area contributed by atoms with Crippen molar-refractivity contribution in [2.24, 2.45) is 0 Å². The topological polar surface area (TPSA) is 6.48 Å². The summed E-state index contributed by atoms with van der Waals surface area (Å²) < 4.78 is 0. The Morgan fingerprint density at radius 3 is 1.28 bits per heavy atom. The van der Waals surface area contributed by atoms with Crippen molar-refractivity contribution in [3.05, 3.63) is 60.3 Å². The van der Waals surface area contributed by atoms with Crippen LogP contribution in [0.2, 0.25) is 0 Å². The number of hydrogen-bond acceptors (Lipinski definition) is 2. The molecule has 2 heterocycles. The predicted octanol–water partition coefficient (Wildman–Crippen LogP) is 3.79. The average molecular weight is 242 g/mol. The lowest BCUT2D eigenvalue weighted by Crippen LogP contribution is -2.14. The quantitative estimate of drug-likeness (QED) is 0.740. The molecule has 0 radical (unpaired) electrons. The van der Waals surface area contributed by atoms with E-state index in [1.807, 2.05) is 0 Å². The first-order valence-corrected chi connectivity index (χ1v) is 6.82. The van der Waals surface area contributed by atoms with Crippen LogP contribution in [-0.2, 0) is 0 Å². The van der Waals surface area contributed by atoms with Gasteiger partial charge in [-0.15, -0.1) is 0 Å². The molecule has 0 atom stereocenters. The van der Waals surface area contributed by atoms with Crippen LogP contribution < -0.4 is 0 Å². The lowest BCUT2D eigenvalue weighted by Gasteiger charge is -2.21. The lowest BCUT2D eigenvalue weighted by atomic mass is 10.0. The smallest absolute Gasteiger partial charge is 0.0216 e. The molecule has 0 aromatic carbocycles. The third-order valence-corrected chi connectivity index (χ3v) is 3.08. The number of nitrogens with zero attached hydrogens (tertiary/aromatic N) is 2. The Labute approximate surface area is 110 Å². The first kappa shape index (κ1) is 12.7. The average Bonchev–Trinajstić information content (AvgIpc) is 2.41. The molecule has 2 aliphatic rings. The third-order valence-electron chi connectivity index (χ3n) is 3.08. The van der Waals surface area contributed by atoms with Gasteiger partial charge in [-0.2, -0.15) is 0 Å². The molecule has 0 N–H and O–H groups in total. The summed E-state index contributed by atoms with van der Waals surface area (Å²) in [5.74, 6) is 0. The Bertz CT molecular complexity index is 352. The van der Waals surface area contributed by atoms with E-state index in [-0.39, 0.29) is 0 Å². The van der Waals surface area contributed by atoms with Crippen LogP contribution in [0.3, 0.4) is 0 Å². The van der Waals surface area contributed by atoms with Crippen LogP contribution in [0.15, 0.2) is 60.3 Å². The van der Waals surface area contributed by atoms with Gasteiger partial charge in [0.25, 0.3) is 0 Å². The highest BCUT2D eigenvalue weighted by atomic mass is 15.1. The van der Waals surface area contributed by atoms with E-state index in [4.69, 9.17) is 0 Å². The molecular weight excluding hydrogens is 220 g/mol. The Morgan fingerprint density at radius 1 is 0.667 bits per heavy atom. The summed E-state index contributed by atoms with van der Waals surface area (Å²) in [5.41, 5.74) is 2.57. The van der Waals surface area contributed by atoms with E-state index >= 15 is 0 Å². The minimum absolute atomic E-state index is 1.09. The van der Waals surface area contributed by atoms with Crippen molar-refractivity contribution in [1.29, 1.82) is 0 Å². The molecule has 0 spiro atoms. The second-order valence-corrected chi connectivity index (χ2v) is 4.65. The van der Waals surface area contributed by atoms with Crippen LogP contribution >= 0.6 is 0 Å². The summed E-state index contributed by atoms with van der Waals surface area (Å²) in [5, 5.41) is 0. The molecule has 0 unspecified atom stereocenters. The molecule has 0 bridgehead atoms. The third kappa shape index (κ3) is 3.16. The summed E-state index contributed by atoms with van der Waals surface area (Å²) in [6, 6.07) is 0. The number of allylic oxidation sites excluding steroid dienone is 6. The van der Waals surface area contributed by atoms with Gasteiger partial charge in [0.1, 0.15) is 0 Å². The summed E-state index contributed by atoms with van der Waals surface area (Å²) in [6.45, 7) is 6.58. The summed E-state index contributed by atoms with van der Waals surface area (Å²) in [4.78, 5) is 4.45. The van der Waals surface area contributed by atoms with Crippen molar-refractivity contribution in [3.8, 4) is 0 Å². The maximum Gasteiger partial charge on any atom is 0.0216 e. The van der Waals surface area contributed by atoms with Crippen molar-refractivity contribution < 1.29 is 0 Å². The molecule has 96 valence electrons. The highest BCUT2D eigenvalue weighted by Crippen LogP contribution is 2.19. The SMILES string of the molecule is CCCN1C=CC(=C2C=CN(CCC)C=C2)C=C1. The monoisotopic (exact) mass is 242 g/mol. The van der Waals surface area contributed by atoms with Crippen molar-refractivity contribution in [2.45, 2.75) is 26.7 Å². The van der Waals surface area contributed by atoms with Gasteiger partial charge in [-0.1, -0.05) is 13.8 Å². The van der Waals surface area contributed by atoms with Crippen LogP contribution in [0, 0.1) is 0 Å². The molecule has 0 saturated carbocycles. The molecule has 2 rings (SSSR count). The maximum atomic E-state index is 2.23. The van der Waals surface area contributed by atoms with Crippen molar-refractivity contribution in [3.63, 3.8) is 0 Å². The van der Waals surface area contributed by atoms with Gasteiger partial charge in [0, 0.05) is 37.9 Å². The molecule has 0 saturated heterocycles. The number of hydrogen-bond donors (Lipinski definition) is 0. The van der Waals surface area contributed by atoms with E-state index in [9.17, 15) is 0 Å². The molecule has 0 amide bonds. The zero-order valence-corrected chi connectivity index (χ0v) is 11.3. The highest BCUT2D eigenvalue weighted by molar-refractivity contribution is 5.48. The maximum absolute atomic E-state index is 2.23. The van der Waals surface area contributed by atoms with Crippen molar-refractivity contribution in [1.82, 2.24) is 9.80 Å². The molecule has 0 fully saturated rings. The van der Waals surface area contributed by atoms with Gasteiger partial charge < -0.3 is 9.80 Å². The Balaban J connectivity index is 2.03. The Morgan fingerprint density at radius 2 is 1.00 bits per heavy atom. The molecule has 18 heavy (non-hydrogen) atoms. The molecule has 2 nitrogen and oxygen atoms in total. The summed E-state index contributed by atoms with van der Waals surface area (Å²) in [6.07, 6.45) is 19.7. The molecular formula is C16H22N2. The molecule has 0 aromatic heterocycles. The standard InChI is InChI=1S/C16H22N2/c1-3-9-17-11-5-15(6-12-17)16-7-13-18(10-4-2)14-8-16/h5-8,11-14H,3-4,9-10H2,1-2H3. The van der Waals surface area contributed by atoms with Crippen LogP contribution in [0.5, 0.6) is 0 Å². The van der Waals surface area contributed by atoms with Crippen molar-refractivity contribution >= 4 is 0 Å². The Kier molecular flexibility index (Phi) is 4.46. The van der Waals surface area contributed by atoms with Gasteiger partial charge >= 0.3 is 0 Å². The van der Waals surface area contributed by atoms with Crippen LogP contribution in [0.25, 0.3) is 0 Å². The summed E-state index contributed by atoms with van der Waals surface area (Å²) in [7, 11) is 0. The lowest BCUT2D eigenvalue weighted by molar-refractivity contribution is 0.496. The van der Waals surface area contributed by atoms with Crippen LogP contribution in [0.1, 0.15) is 26.7 Å². The van der Waals surface area contributed by atoms with Gasteiger partial charge in [0.05, 0.1) is 0 Å². The van der Waals surface area contributed by atoms with Gasteiger partial charge in [0.15, 0.2) is 0 Å². The minimum Gasteiger partial charge on any atom is -0.354 e. The van der Waals surface area contributed by atoms with E-state index in [1.54, 1.807) is 0 Å². The zero-order valence-electron chi connectivity index (χ0n) is 11.3. The van der Waals surface area contributed by atoms with Gasteiger partial charge in [-0.25, -0.2) is 0 Å². The zero-order chi connectivity index (χ0) is 12.8. The fourth-order valence-electron chi connectivity index (χ4n) is 2.11. The predicted molar refractivity (Wildman–Crippen MR) is 77.6 cm³/mol.